The lowest BCUT2D eigenvalue weighted by Crippen LogP contribution is -2.45. The number of hydrogen-bond acceptors (Lipinski definition) is 2. The van der Waals surface area contributed by atoms with Crippen LogP contribution in [0.5, 0.6) is 0 Å². The average Bonchev–Trinajstić information content (AvgIpc) is 2.87. The molecule has 3 rings (SSSR count). The molecule has 0 amide bonds. The van der Waals surface area contributed by atoms with Crippen molar-refractivity contribution in [1.82, 2.24) is 10.2 Å². The second-order valence-electron chi connectivity index (χ2n) is 5.81. The van der Waals surface area contributed by atoms with E-state index < -0.39 is 0 Å². The number of piperidine rings is 1. The molecule has 16 heavy (non-hydrogen) atoms. The molecular weight excluding hydrogens is 220 g/mol. The maximum Gasteiger partial charge on any atom is 0.0120 e. The number of likely N-dealkylation sites (tertiary alicyclic amines) is 1. The summed E-state index contributed by atoms with van der Waals surface area (Å²) in [6.07, 6.45) is 8.81. The molecule has 1 aliphatic carbocycles. The van der Waals surface area contributed by atoms with Gasteiger partial charge >= 0.3 is 0 Å². The highest BCUT2D eigenvalue weighted by molar-refractivity contribution is 5.85. The number of nitrogens with zero attached hydrogens (tertiary/aromatic N) is 1. The van der Waals surface area contributed by atoms with Crippen LogP contribution < -0.4 is 5.32 Å². The molecule has 2 unspecified atom stereocenters. The molecule has 2 nitrogen and oxygen atoms in total. The summed E-state index contributed by atoms with van der Waals surface area (Å²) in [7, 11) is 0. The molecule has 2 heterocycles. The second kappa shape index (κ2) is 5.70. The minimum atomic E-state index is 0. The summed E-state index contributed by atoms with van der Waals surface area (Å²) in [5.41, 5.74) is 0. The maximum atomic E-state index is 3.65. The van der Waals surface area contributed by atoms with Crippen LogP contribution in [0.2, 0.25) is 0 Å². The fourth-order valence-corrected chi connectivity index (χ4v) is 3.85. The molecule has 2 aliphatic heterocycles. The molecule has 0 aromatic heterocycles. The second-order valence-corrected chi connectivity index (χ2v) is 5.81. The molecule has 0 aromatic rings. The van der Waals surface area contributed by atoms with E-state index in [1.807, 2.05) is 0 Å². The molecule has 2 saturated heterocycles. The Morgan fingerprint density at radius 3 is 2.69 bits per heavy atom. The van der Waals surface area contributed by atoms with Gasteiger partial charge in [0.15, 0.2) is 0 Å². The zero-order chi connectivity index (χ0) is 10.1. The molecule has 1 saturated carbocycles. The summed E-state index contributed by atoms with van der Waals surface area (Å²) in [5.74, 6) is 2.01. The van der Waals surface area contributed by atoms with Gasteiger partial charge in [0.2, 0.25) is 0 Å². The molecule has 0 aromatic carbocycles. The summed E-state index contributed by atoms with van der Waals surface area (Å²) >= 11 is 0. The number of halogens is 1. The molecule has 2 atom stereocenters. The molecule has 94 valence electrons. The minimum Gasteiger partial charge on any atom is -0.314 e. The normalized spacial score (nSPS) is 36.0. The molecule has 0 spiro atoms. The molecule has 1 N–H and O–H groups in total. The summed E-state index contributed by atoms with van der Waals surface area (Å²) < 4.78 is 0. The summed E-state index contributed by atoms with van der Waals surface area (Å²) in [4.78, 5) is 2.75. The topological polar surface area (TPSA) is 15.3 Å². The van der Waals surface area contributed by atoms with E-state index >= 15 is 0 Å². The van der Waals surface area contributed by atoms with Crippen molar-refractivity contribution in [3.05, 3.63) is 0 Å². The van der Waals surface area contributed by atoms with E-state index in [2.05, 4.69) is 10.2 Å². The first-order valence-electron chi connectivity index (χ1n) is 6.87. The van der Waals surface area contributed by atoms with E-state index in [0.717, 1.165) is 17.9 Å². The third-order valence-corrected chi connectivity index (χ3v) is 4.73. The Morgan fingerprint density at radius 1 is 1.06 bits per heavy atom. The first-order chi connectivity index (χ1) is 7.42. The molecule has 3 fully saturated rings. The fourth-order valence-electron chi connectivity index (χ4n) is 3.85. The highest BCUT2D eigenvalue weighted by atomic mass is 35.5. The molecule has 0 bridgehead atoms. The van der Waals surface area contributed by atoms with Crippen LogP contribution in [0.25, 0.3) is 0 Å². The van der Waals surface area contributed by atoms with Crippen LogP contribution in [0, 0.1) is 11.8 Å². The lowest BCUT2D eigenvalue weighted by atomic mass is 9.92. The monoisotopic (exact) mass is 244 g/mol. The van der Waals surface area contributed by atoms with Crippen molar-refractivity contribution in [1.29, 1.82) is 0 Å². The van der Waals surface area contributed by atoms with Gasteiger partial charge in [0.05, 0.1) is 0 Å². The van der Waals surface area contributed by atoms with Gasteiger partial charge in [-0.05, 0) is 50.6 Å². The van der Waals surface area contributed by atoms with Crippen LogP contribution >= 0.6 is 12.4 Å². The molecule has 3 aliphatic rings. The summed E-state index contributed by atoms with van der Waals surface area (Å²) in [6, 6.07) is 0.866. The van der Waals surface area contributed by atoms with Gasteiger partial charge in [-0.2, -0.15) is 0 Å². The highest BCUT2D eigenvalue weighted by Crippen LogP contribution is 2.29. The van der Waals surface area contributed by atoms with E-state index in [1.54, 1.807) is 0 Å². The number of rotatable bonds is 2. The van der Waals surface area contributed by atoms with E-state index in [9.17, 15) is 0 Å². The van der Waals surface area contributed by atoms with E-state index in [-0.39, 0.29) is 12.4 Å². The number of nitrogens with one attached hydrogen (secondary N) is 1. The zero-order valence-electron chi connectivity index (χ0n) is 10.2. The molecular formula is C13H25ClN2. The van der Waals surface area contributed by atoms with Crippen molar-refractivity contribution in [2.24, 2.45) is 11.8 Å². The lowest BCUT2D eigenvalue weighted by molar-refractivity contribution is 0.142. The Balaban J connectivity index is 0.000000963. The fraction of sp³-hybridized carbons (Fsp3) is 1.00. The largest absolute Gasteiger partial charge is 0.314 e. The maximum absolute atomic E-state index is 3.65. The van der Waals surface area contributed by atoms with Gasteiger partial charge in [-0.1, -0.05) is 12.8 Å². The standard InChI is InChI=1S/C13H24N2.ClH/c1-2-4-11(3-1)9-15-8-6-13-12(10-15)5-7-14-13;/h11-14H,1-10H2;1H. The number of hydrogen-bond donors (Lipinski definition) is 1. The quantitative estimate of drug-likeness (QED) is 0.802. The van der Waals surface area contributed by atoms with Crippen molar-refractivity contribution in [3.63, 3.8) is 0 Å². The average molecular weight is 245 g/mol. The summed E-state index contributed by atoms with van der Waals surface area (Å²) in [6.45, 7) is 5.41. The Labute approximate surface area is 106 Å². The van der Waals surface area contributed by atoms with Gasteiger partial charge in [0.1, 0.15) is 0 Å². The minimum absolute atomic E-state index is 0. The van der Waals surface area contributed by atoms with Crippen molar-refractivity contribution in [2.75, 3.05) is 26.2 Å². The van der Waals surface area contributed by atoms with Gasteiger partial charge in [-0.25, -0.2) is 0 Å². The van der Waals surface area contributed by atoms with Gasteiger partial charge in [-0.3, -0.25) is 0 Å². The van der Waals surface area contributed by atoms with E-state index in [1.165, 1.54) is 64.7 Å². The SMILES string of the molecule is C1CCC(CN2CCC3NCCC3C2)C1.Cl. The smallest absolute Gasteiger partial charge is 0.0120 e. The van der Waals surface area contributed by atoms with E-state index in [0.29, 0.717) is 0 Å². The van der Waals surface area contributed by atoms with Crippen molar-refractivity contribution >= 4 is 12.4 Å². The Bertz CT molecular complexity index is 214. The van der Waals surface area contributed by atoms with Gasteiger partial charge in [-0.15, -0.1) is 12.4 Å². The first kappa shape index (κ1) is 12.7. The third kappa shape index (κ3) is 2.72. The van der Waals surface area contributed by atoms with E-state index in [4.69, 9.17) is 0 Å². The Kier molecular flexibility index (Phi) is 4.51. The Hall–Kier alpha value is 0.210. The van der Waals surface area contributed by atoms with Crippen molar-refractivity contribution in [2.45, 2.75) is 44.6 Å². The Morgan fingerprint density at radius 2 is 1.88 bits per heavy atom. The van der Waals surface area contributed by atoms with Crippen molar-refractivity contribution in [3.8, 4) is 0 Å². The molecule has 0 radical (unpaired) electrons. The van der Waals surface area contributed by atoms with Crippen molar-refractivity contribution < 1.29 is 0 Å². The van der Waals surface area contributed by atoms with Crippen LogP contribution in [0.3, 0.4) is 0 Å². The predicted molar refractivity (Wildman–Crippen MR) is 70.2 cm³/mol. The van der Waals surface area contributed by atoms with Gasteiger partial charge in [0, 0.05) is 19.1 Å². The van der Waals surface area contributed by atoms with Crippen LogP contribution in [0.4, 0.5) is 0 Å². The van der Waals surface area contributed by atoms with Crippen LogP contribution in [-0.2, 0) is 0 Å². The van der Waals surface area contributed by atoms with Crippen LogP contribution in [0.15, 0.2) is 0 Å². The van der Waals surface area contributed by atoms with Crippen LogP contribution in [-0.4, -0.2) is 37.1 Å². The third-order valence-electron chi connectivity index (χ3n) is 4.73. The predicted octanol–water partition coefficient (Wildman–Crippen LogP) is 2.28. The lowest BCUT2D eigenvalue weighted by Gasteiger charge is -2.36. The first-order valence-corrected chi connectivity index (χ1v) is 6.87. The van der Waals surface area contributed by atoms with Crippen LogP contribution in [0.1, 0.15) is 38.5 Å². The zero-order valence-corrected chi connectivity index (χ0v) is 11.0. The molecule has 3 heteroatoms. The number of fused-ring (bicyclic) bond motifs is 1. The van der Waals surface area contributed by atoms with Gasteiger partial charge in [0.25, 0.3) is 0 Å². The summed E-state index contributed by atoms with van der Waals surface area (Å²) in [5, 5.41) is 3.65. The highest BCUT2D eigenvalue weighted by Gasteiger charge is 2.33. The van der Waals surface area contributed by atoms with Gasteiger partial charge < -0.3 is 10.2 Å².